The van der Waals surface area contributed by atoms with Gasteiger partial charge in [0.05, 0.1) is 17.8 Å². The highest BCUT2D eigenvalue weighted by Crippen LogP contribution is 2.05. The Balaban J connectivity index is 2.23. The molecule has 1 aromatic heterocycles. The molecule has 1 rings (SSSR count). The molecule has 0 aliphatic rings. The second-order valence-electron chi connectivity index (χ2n) is 2.12. The van der Waals surface area contributed by atoms with Crippen LogP contribution in [0.2, 0.25) is 0 Å². The fraction of sp³-hybridized carbons (Fsp3) is 0.667. The lowest BCUT2D eigenvalue weighted by atomic mass is 10.3. The molecule has 1 aromatic rings. The topological polar surface area (TPSA) is 55.2 Å². The normalized spacial score (nSPS) is 12.9. The Bertz CT molecular complexity index is 190. The van der Waals surface area contributed by atoms with Crippen molar-refractivity contribution in [1.29, 1.82) is 0 Å². The lowest BCUT2D eigenvalue weighted by Crippen LogP contribution is -2.15. The summed E-state index contributed by atoms with van der Waals surface area (Å²) in [6.07, 6.45) is 1.82. The van der Waals surface area contributed by atoms with Crippen LogP contribution in [0.25, 0.3) is 0 Å². The van der Waals surface area contributed by atoms with Gasteiger partial charge in [0.2, 0.25) is 5.88 Å². The van der Waals surface area contributed by atoms with Gasteiger partial charge >= 0.3 is 0 Å². The van der Waals surface area contributed by atoms with Crippen molar-refractivity contribution in [3.8, 4) is 5.88 Å². The summed E-state index contributed by atoms with van der Waals surface area (Å²) < 4.78 is 12.7. The number of hydrogen-bond acceptors (Lipinski definition) is 5. The summed E-state index contributed by atoms with van der Waals surface area (Å²) in [7, 11) is 0. The van der Waals surface area contributed by atoms with Crippen molar-refractivity contribution in [2.75, 3.05) is 6.61 Å². The molecule has 0 spiro atoms. The van der Waals surface area contributed by atoms with E-state index >= 15 is 0 Å². The van der Waals surface area contributed by atoms with Crippen LogP contribution in [0.5, 0.6) is 5.88 Å². The third-order valence-corrected chi connectivity index (χ3v) is 1.70. The fourth-order valence-electron chi connectivity index (χ4n) is 0.519. The van der Waals surface area contributed by atoms with Crippen molar-refractivity contribution >= 4 is 11.7 Å². The molecule has 0 aliphatic heterocycles. The number of aromatic nitrogens is 2. The van der Waals surface area contributed by atoms with E-state index in [0.717, 1.165) is 11.7 Å². The van der Waals surface area contributed by atoms with Gasteiger partial charge < -0.3 is 9.84 Å². The van der Waals surface area contributed by atoms with Crippen LogP contribution in [0.3, 0.4) is 0 Å². The molecule has 62 valence electrons. The van der Waals surface area contributed by atoms with Crippen LogP contribution < -0.4 is 4.74 Å². The first kappa shape index (κ1) is 8.42. The molecule has 1 heterocycles. The average molecular weight is 174 g/mol. The van der Waals surface area contributed by atoms with E-state index in [0.29, 0.717) is 18.9 Å². The van der Waals surface area contributed by atoms with Gasteiger partial charge in [0.15, 0.2) is 0 Å². The van der Waals surface area contributed by atoms with E-state index in [1.165, 1.54) is 6.20 Å². The summed E-state index contributed by atoms with van der Waals surface area (Å²) in [4.78, 5) is 0. The van der Waals surface area contributed by atoms with Crippen molar-refractivity contribution in [1.82, 2.24) is 8.75 Å². The van der Waals surface area contributed by atoms with Gasteiger partial charge in [-0.3, -0.25) is 0 Å². The minimum Gasteiger partial charge on any atom is -0.473 e. The molecule has 1 unspecified atom stereocenters. The van der Waals surface area contributed by atoms with E-state index in [9.17, 15) is 0 Å². The Hall–Kier alpha value is -0.680. The van der Waals surface area contributed by atoms with E-state index < -0.39 is 6.10 Å². The SMILES string of the molecule is CCC(O)COc1cnsn1. The van der Waals surface area contributed by atoms with Crippen LogP contribution in [-0.4, -0.2) is 26.6 Å². The molecule has 0 bridgehead atoms. The van der Waals surface area contributed by atoms with Crippen LogP contribution in [0, 0.1) is 0 Å². The maximum Gasteiger partial charge on any atom is 0.245 e. The number of ether oxygens (including phenoxy) is 1. The molecule has 0 saturated carbocycles. The molecule has 5 heteroatoms. The van der Waals surface area contributed by atoms with E-state index in [-0.39, 0.29) is 0 Å². The number of nitrogens with zero attached hydrogens (tertiary/aromatic N) is 2. The smallest absolute Gasteiger partial charge is 0.245 e. The Morgan fingerprint density at radius 2 is 2.64 bits per heavy atom. The number of rotatable bonds is 4. The Morgan fingerprint density at radius 3 is 3.18 bits per heavy atom. The quantitative estimate of drug-likeness (QED) is 0.729. The molecule has 0 fully saturated rings. The van der Waals surface area contributed by atoms with E-state index in [2.05, 4.69) is 8.75 Å². The zero-order valence-electron chi connectivity index (χ0n) is 6.23. The van der Waals surface area contributed by atoms with Crippen molar-refractivity contribution in [3.05, 3.63) is 6.20 Å². The van der Waals surface area contributed by atoms with Gasteiger partial charge in [0.25, 0.3) is 0 Å². The molecule has 11 heavy (non-hydrogen) atoms. The lowest BCUT2D eigenvalue weighted by Gasteiger charge is -2.06. The van der Waals surface area contributed by atoms with Crippen LogP contribution in [0.1, 0.15) is 13.3 Å². The van der Waals surface area contributed by atoms with Crippen molar-refractivity contribution in [3.63, 3.8) is 0 Å². The van der Waals surface area contributed by atoms with Crippen molar-refractivity contribution in [2.24, 2.45) is 0 Å². The van der Waals surface area contributed by atoms with E-state index in [4.69, 9.17) is 9.84 Å². The number of aliphatic hydroxyl groups is 1. The van der Waals surface area contributed by atoms with Gasteiger partial charge in [0, 0.05) is 0 Å². The van der Waals surface area contributed by atoms with Gasteiger partial charge in [-0.2, -0.15) is 4.37 Å². The summed E-state index contributed by atoms with van der Waals surface area (Å²) >= 11 is 1.09. The molecule has 0 saturated heterocycles. The summed E-state index contributed by atoms with van der Waals surface area (Å²) in [6, 6.07) is 0. The molecule has 0 aliphatic carbocycles. The first-order valence-corrected chi connectivity index (χ1v) is 4.14. The molecule has 0 radical (unpaired) electrons. The molecule has 4 nitrogen and oxygen atoms in total. The maximum absolute atomic E-state index is 9.09. The monoisotopic (exact) mass is 174 g/mol. The van der Waals surface area contributed by atoms with Gasteiger partial charge in [0.1, 0.15) is 12.8 Å². The maximum atomic E-state index is 9.09. The minimum absolute atomic E-state index is 0.294. The molecular weight excluding hydrogens is 164 g/mol. The first-order valence-electron chi connectivity index (χ1n) is 3.41. The van der Waals surface area contributed by atoms with Gasteiger partial charge in [-0.05, 0) is 6.42 Å². The van der Waals surface area contributed by atoms with Gasteiger partial charge in [-0.1, -0.05) is 6.92 Å². The highest BCUT2D eigenvalue weighted by Gasteiger charge is 2.02. The van der Waals surface area contributed by atoms with Crippen LogP contribution in [0.4, 0.5) is 0 Å². The Kier molecular flexibility index (Phi) is 3.25. The second kappa shape index (κ2) is 4.25. The standard InChI is InChI=1S/C6H10N2O2S/c1-2-5(9)4-10-6-3-7-11-8-6/h3,5,9H,2,4H2,1H3. The van der Waals surface area contributed by atoms with Gasteiger partial charge in [-0.15, -0.1) is 4.37 Å². The summed E-state index contributed by atoms with van der Waals surface area (Å²) in [5, 5.41) is 9.09. The number of hydrogen-bond donors (Lipinski definition) is 1. The minimum atomic E-state index is -0.406. The third-order valence-electron chi connectivity index (χ3n) is 1.24. The summed E-state index contributed by atoms with van der Waals surface area (Å²) in [5.74, 6) is 0.488. The summed E-state index contributed by atoms with van der Waals surface area (Å²) in [5.41, 5.74) is 0. The highest BCUT2D eigenvalue weighted by atomic mass is 32.1. The molecule has 0 amide bonds. The van der Waals surface area contributed by atoms with Crippen molar-refractivity contribution < 1.29 is 9.84 Å². The third kappa shape index (κ3) is 2.81. The fourth-order valence-corrected chi connectivity index (χ4v) is 0.884. The van der Waals surface area contributed by atoms with Gasteiger partial charge in [-0.25, -0.2) is 0 Å². The summed E-state index contributed by atoms with van der Waals surface area (Å²) in [6.45, 7) is 2.19. The highest BCUT2D eigenvalue weighted by molar-refractivity contribution is 6.99. The predicted octanol–water partition coefficient (Wildman–Crippen LogP) is 0.688. The first-order chi connectivity index (χ1) is 5.33. The van der Waals surface area contributed by atoms with Crippen LogP contribution >= 0.6 is 11.7 Å². The van der Waals surface area contributed by atoms with E-state index in [1.807, 2.05) is 6.92 Å². The Labute approximate surface area is 69.2 Å². The second-order valence-corrected chi connectivity index (χ2v) is 2.68. The van der Waals surface area contributed by atoms with Crippen LogP contribution in [0.15, 0.2) is 6.20 Å². The average Bonchev–Trinajstić information content (AvgIpc) is 2.52. The molecule has 1 N–H and O–H groups in total. The molecular formula is C6H10N2O2S. The largest absolute Gasteiger partial charge is 0.473 e. The number of aliphatic hydroxyl groups excluding tert-OH is 1. The zero-order chi connectivity index (χ0) is 8.10. The molecule has 0 aromatic carbocycles. The van der Waals surface area contributed by atoms with Crippen molar-refractivity contribution in [2.45, 2.75) is 19.4 Å². The lowest BCUT2D eigenvalue weighted by molar-refractivity contribution is 0.102. The predicted molar refractivity (Wildman–Crippen MR) is 41.7 cm³/mol. The van der Waals surface area contributed by atoms with Crippen LogP contribution in [-0.2, 0) is 0 Å². The Morgan fingerprint density at radius 1 is 1.82 bits per heavy atom. The van der Waals surface area contributed by atoms with E-state index in [1.54, 1.807) is 0 Å². The molecule has 1 atom stereocenters. The zero-order valence-corrected chi connectivity index (χ0v) is 7.04.